The number of unbranched alkanes of at least 4 members (excludes halogenated alkanes) is 3. The van der Waals surface area contributed by atoms with Crippen LogP contribution in [0.4, 0.5) is 0 Å². The van der Waals surface area contributed by atoms with Gasteiger partial charge in [-0.05, 0) is 18.9 Å². The predicted molar refractivity (Wildman–Crippen MR) is 75.5 cm³/mol. The minimum atomic E-state index is 0.443. The molecule has 0 radical (unpaired) electrons. The second kappa shape index (κ2) is 10.5. The molecule has 0 aromatic carbocycles. The van der Waals surface area contributed by atoms with E-state index in [9.17, 15) is 0 Å². The highest BCUT2D eigenvalue weighted by atomic mass is 14.1. The Morgan fingerprint density at radius 2 is 1.94 bits per heavy atom. The van der Waals surface area contributed by atoms with E-state index in [4.69, 9.17) is 0 Å². The highest BCUT2D eigenvalue weighted by Crippen LogP contribution is 2.19. The summed E-state index contributed by atoms with van der Waals surface area (Å²) < 4.78 is 0. The molecule has 0 saturated carbocycles. The Morgan fingerprint density at radius 1 is 1.19 bits per heavy atom. The van der Waals surface area contributed by atoms with Gasteiger partial charge in [0.1, 0.15) is 0 Å². The van der Waals surface area contributed by atoms with Crippen LogP contribution in [-0.2, 0) is 0 Å². The molecule has 0 aliphatic rings. The third kappa shape index (κ3) is 7.28. The molecule has 0 aromatic heterocycles. The van der Waals surface area contributed by atoms with Gasteiger partial charge in [-0.15, -0.1) is 6.58 Å². The van der Waals surface area contributed by atoms with E-state index in [1.807, 2.05) is 31.2 Å². The van der Waals surface area contributed by atoms with Gasteiger partial charge in [0.25, 0.3) is 0 Å². The monoisotopic (exact) mass is 218 g/mol. The van der Waals surface area contributed by atoms with E-state index < -0.39 is 0 Å². The van der Waals surface area contributed by atoms with Gasteiger partial charge in [0.05, 0.1) is 0 Å². The zero-order valence-corrected chi connectivity index (χ0v) is 10.9. The molecule has 1 atom stereocenters. The van der Waals surface area contributed by atoms with Crippen LogP contribution in [0.1, 0.15) is 46.0 Å². The van der Waals surface area contributed by atoms with Crippen LogP contribution in [0.5, 0.6) is 0 Å². The summed E-state index contributed by atoms with van der Waals surface area (Å²) in [6.45, 7) is 12.3. The Hall–Kier alpha value is -1.04. The molecule has 90 valence electrons. The highest BCUT2D eigenvalue weighted by molar-refractivity contribution is 5.24. The molecule has 0 spiro atoms. The summed E-state index contributed by atoms with van der Waals surface area (Å²) >= 11 is 0. The number of hydrogen-bond acceptors (Lipinski definition) is 0. The summed E-state index contributed by atoms with van der Waals surface area (Å²) in [6, 6.07) is 0. The summed E-state index contributed by atoms with van der Waals surface area (Å²) in [6.07, 6.45) is 16.6. The molecular formula is C16H26. The summed E-state index contributed by atoms with van der Waals surface area (Å²) in [4.78, 5) is 0. The average Bonchev–Trinajstić information content (AvgIpc) is 2.29. The first-order chi connectivity index (χ1) is 7.76. The van der Waals surface area contributed by atoms with Crippen molar-refractivity contribution in [2.75, 3.05) is 0 Å². The summed E-state index contributed by atoms with van der Waals surface area (Å²) in [7, 11) is 0. The lowest BCUT2D eigenvalue weighted by atomic mass is 9.93. The fraction of sp³-hybridized carbons (Fsp3) is 0.500. The topological polar surface area (TPSA) is 0 Å². The third-order valence-corrected chi connectivity index (χ3v) is 2.74. The molecule has 0 amide bonds. The van der Waals surface area contributed by atoms with Crippen molar-refractivity contribution in [2.45, 2.75) is 46.0 Å². The molecule has 0 rings (SSSR count). The van der Waals surface area contributed by atoms with Crippen molar-refractivity contribution in [3.05, 3.63) is 49.1 Å². The largest absolute Gasteiger partial charge is 0.102 e. The lowest BCUT2D eigenvalue weighted by molar-refractivity contribution is 0.582. The van der Waals surface area contributed by atoms with Crippen LogP contribution in [0, 0.1) is 5.92 Å². The quantitative estimate of drug-likeness (QED) is 0.274. The van der Waals surface area contributed by atoms with Crippen LogP contribution in [-0.4, -0.2) is 0 Å². The Morgan fingerprint density at radius 3 is 2.50 bits per heavy atom. The SMILES string of the molecule is C=CC(CCCCCC)C(=C)C=CC=CC. The van der Waals surface area contributed by atoms with Crippen molar-refractivity contribution >= 4 is 0 Å². The van der Waals surface area contributed by atoms with Crippen molar-refractivity contribution in [3.8, 4) is 0 Å². The molecule has 0 heteroatoms. The van der Waals surface area contributed by atoms with Crippen LogP contribution in [0.25, 0.3) is 0 Å². The van der Waals surface area contributed by atoms with Gasteiger partial charge in [-0.25, -0.2) is 0 Å². The van der Waals surface area contributed by atoms with E-state index >= 15 is 0 Å². The van der Waals surface area contributed by atoms with Crippen LogP contribution in [0.15, 0.2) is 49.1 Å². The highest BCUT2D eigenvalue weighted by Gasteiger charge is 2.05. The molecule has 16 heavy (non-hydrogen) atoms. The molecule has 1 unspecified atom stereocenters. The van der Waals surface area contributed by atoms with E-state index in [2.05, 4.69) is 26.2 Å². The number of hydrogen-bond donors (Lipinski definition) is 0. The Balaban J connectivity index is 3.97. The second-order valence-corrected chi connectivity index (χ2v) is 4.15. The van der Waals surface area contributed by atoms with E-state index in [0.717, 1.165) is 0 Å². The molecule has 0 aliphatic carbocycles. The van der Waals surface area contributed by atoms with Gasteiger partial charge < -0.3 is 0 Å². The average molecular weight is 218 g/mol. The molecule has 0 fully saturated rings. The van der Waals surface area contributed by atoms with E-state index in [-0.39, 0.29) is 0 Å². The van der Waals surface area contributed by atoms with Crippen molar-refractivity contribution < 1.29 is 0 Å². The first kappa shape index (κ1) is 15.0. The Labute approximate surface area is 101 Å². The maximum Gasteiger partial charge on any atom is 0.000939 e. The normalized spacial score (nSPS) is 13.4. The molecule has 0 nitrogen and oxygen atoms in total. The lowest BCUT2D eigenvalue weighted by Gasteiger charge is -2.12. The molecule has 0 aromatic rings. The summed E-state index contributed by atoms with van der Waals surface area (Å²) in [5, 5.41) is 0. The molecule has 0 N–H and O–H groups in total. The summed E-state index contributed by atoms with van der Waals surface area (Å²) in [5.74, 6) is 0.443. The van der Waals surface area contributed by atoms with Gasteiger partial charge in [-0.3, -0.25) is 0 Å². The number of rotatable bonds is 9. The Bertz CT molecular complexity index is 243. The standard InChI is InChI=1S/C16H26/c1-5-8-10-12-14-16(7-3)15(4)13-11-9-6-2/h6-7,9,11,13,16H,3-5,8,10,12,14H2,1-2H3. The Kier molecular flexibility index (Phi) is 9.80. The first-order valence-electron chi connectivity index (χ1n) is 6.37. The zero-order valence-electron chi connectivity index (χ0n) is 10.9. The van der Waals surface area contributed by atoms with Crippen LogP contribution < -0.4 is 0 Å². The lowest BCUT2D eigenvalue weighted by Crippen LogP contribution is -1.97. The van der Waals surface area contributed by atoms with Gasteiger partial charge in [0.15, 0.2) is 0 Å². The van der Waals surface area contributed by atoms with Crippen LogP contribution >= 0.6 is 0 Å². The molecule has 0 heterocycles. The van der Waals surface area contributed by atoms with Gasteiger partial charge in [-0.1, -0.05) is 69.6 Å². The van der Waals surface area contributed by atoms with Gasteiger partial charge in [0.2, 0.25) is 0 Å². The molecule has 0 bridgehead atoms. The molecular weight excluding hydrogens is 192 g/mol. The van der Waals surface area contributed by atoms with E-state index in [1.165, 1.54) is 37.7 Å². The number of allylic oxidation sites excluding steroid dienone is 6. The predicted octanol–water partition coefficient (Wildman–Crippen LogP) is 5.45. The first-order valence-corrected chi connectivity index (χ1v) is 6.37. The van der Waals surface area contributed by atoms with Crippen molar-refractivity contribution in [1.82, 2.24) is 0 Å². The van der Waals surface area contributed by atoms with Crippen LogP contribution in [0.3, 0.4) is 0 Å². The van der Waals surface area contributed by atoms with Gasteiger partial charge in [-0.2, -0.15) is 0 Å². The zero-order chi connectivity index (χ0) is 12.2. The van der Waals surface area contributed by atoms with E-state index in [0.29, 0.717) is 5.92 Å². The maximum absolute atomic E-state index is 4.10. The molecule has 0 aliphatic heterocycles. The third-order valence-electron chi connectivity index (χ3n) is 2.74. The maximum atomic E-state index is 4.10. The van der Waals surface area contributed by atoms with Crippen molar-refractivity contribution in [3.63, 3.8) is 0 Å². The van der Waals surface area contributed by atoms with E-state index in [1.54, 1.807) is 0 Å². The molecule has 0 saturated heterocycles. The second-order valence-electron chi connectivity index (χ2n) is 4.15. The summed E-state index contributed by atoms with van der Waals surface area (Å²) in [5.41, 5.74) is 1.17. The van der Waals surface area contributed by atoms with Gasteiger partial charge in [0, 0.05) is 5.92 Å². The van der Waals surface area contributed by atoms with Crippen LogP contribution in [0.2, 0.25) is 0 Å². The minimum Gasteiger partial charge on any atom is -0.102 e. The van der Waals surface area contributed by atoms with Gasteiger partial charge >= 0.3 is 0 Å². The smallest absolute Gasteiger partial charge is 0.000939 e. The van der Waals surface area contributed by atoms with Crippen molar-refractivity contribution in [2.24, 2.45) is 5.92 Å². The minimum absolute atomic E-state index is 0.443. The fourth-order valence-corrected chi connectivity index (χ4v) is 1.66. The van der Waals surface area contributed by atoms with Crippen molar-refractivity contribution in [1.29, 1.82) is 0 Å². The fourth-order valence-electron chi connectivity index (χ4n) is 1.66.